The summed E-state index contributed by atoms with van der Waals surface area (Å²) in [4.78, 5) is 0. The van der Waals surface area contributed by atoms with Gasteiger partial charge >= 0.3 is 0 Å². The van der Waals surface area contributed by atoms with Crippen molar-refractivity contribution >= 4 is 87.2 Å². The van der Waals surface area contributed by atoms with Gasteiger partial charge in [-0.1, -0.05) is 285 Å². The van der Waals surface area contributed by atoms with Gasteiger partial charge in [-0.05, 0) is 200 Å². The quantitative estimate of drug-likeness (QED) is 0.112. The average Bonchev–Trinajstić information content (AvgIpc) is 1.70. The molecule has 0 N–H and O–H groups in total. The first-order valence-electron chi connectivity index (χ1n) is 37.3. The Morgan fingerprint density at radius 3 is 0.771 bits per heavy atom. The van der Waals surface area contributed by atoms with Gasteiger partial charge in [-0.15, -0.1) is 0 Å². The fourth-order valence-electron chi connectivity index (χ4n) is 17.3. The molecule has 4 aromatic heterocycles. The van der Waals surface area contributed by atoms with E-state index in [9.17, 15) is 5.26 Å². The molecule has 0 atom stereocenters. The second-order valence-electron chi connectivity index (χ2n) is 28.2. The Kier molecular flexibility index (Phi) is 15.8. The Hall–Kier alpha value is -14.6. The van der Waals surface area contributed by atoms with Gasteiger partial charge in [-0.25, -0.2) is 0 Å². The van der Waals surface area contributed by atoms with E-state index in [1.807, 2.05) is 18.2 Å². The molecule has 0 saturated heterocycles. The molecule has 0 saturated carbocycles. The van der Waals surface area contributed by atoms with Crippen LogP contribution in [0.1, 0.15) is 27.8 Å². The van der Waals surface area contributed by atoms with Crippen molar-refractivity contribution in [3.05, 3.63) is 446 Å². The number of fused-ring (bicyclic) bond motifs is 12. The van der Waals surface area contributed by atoms with Crippen LogP contribution in [0.3, 0.4) is 0 Å². The molecule has 0 aliphatic rings. The molecule has 21 rings (SSSR count). The first-order chi connectivity index (χ1) is 54.0. The van der Waals surface area contributed by atoms with Crippen LogP contribution in [0, 0.1) is 11.3 Å². The Bertz CT molecular complexity index is 6980. The molecule has 0 bridgehead atoms. The van der Waals surface area contributed by atoms with Crippen molar-refractivity contribution in [1.82, 2.24) is 18.3 Å². The summed E-state index contributed by atoms with van der Waals surface area (Å²) in [5.41, 5.74) is 28.5. The van der Waals surface area contributed by atoms with Crippen LogP contribution in [0.4, 0.5) is 0 Å². The first kappa shape index (κ1) is 64.1. The predicted molar refractivity (Wildman–Crippen MR) is 455 cm³/mol. The molecule has 4 heterocycles. The number of benzene rings is 17. The van der Waals surface area contributed by atoms with Gasteiger partial charge in [-0.3, -0.25) is 0 Å². The summed E-state index contributed by atoms with van der Waals surface area (Å²) >= 11 is 0. The number of rotatable bonds is 12. The second-order valence-corrected chi connectivity index (χ2v) is 28.2. The van der Waals surface area contributed by atoms with Crippen molar-refractivity contribution in [2.75, 3.05) is 0 Å². The monoisotopic (exact) mass is 1390 g/mol. The highest BCUT2D eigenvalue weighted by Gasteiger charge is 2.38. The Morgan fingerprint density at radius 1 is 0.174 bits per heavy atom. The predicted octanol–water partition coefficient (Wildman–Crippen LogP) is 26.7. The molecule has 0 aliphatic carbocycles. The SMILES string of the molecule is N#Cc1cccc(-c2cccc(-n3c4ccccc4c4cc(-c5ccc6c(c5)c5ccccc5n6-c5ccccc5)ccc43)c2)c1.c1ccc(-n2c3ccccc3c3cc(-c4ccc5c(c4)c4ccccc4n5-c4cccc(-c5ccc(C(c6ccccc6)(c6ccccc6)c6ccccc6)cc5)c4)ccc32)cc1. The molecule has 109 heavy (non-hydrogen) atoms. The lowest BCUT2D eigenvalue weighted by Gasteiger charge is -2.37. The van der Waals surface area contributed by atoms with Gasteiger partial charge in [-0.2, -0.15) is 5.26 Å². The smallest absolute Gasteiger partial charge is 0.0991 e. The molecule has 0 amide bonds. The zero-order valence-corrected chi connectivity index (χ0v) is 59.6. The van der Waals surface area contributed by atoms with Crippen molar-refractivity contribution < 1.29 is 0 Å². The van der Waals surface area contributed by atoms with Gasteiger partial charge in [0.05, 0.1) is 61.2 Å². The molecular weight excluding hydrogens is 1320 g/mol. The van der Waals surface area contributed by atoms with E-state index in [-0.39, 0.29) is 0 Å². The number of aromatic nitrogens is 4. The fraction of sp³-hybridized carbons (Fsp3) is 0.00962. The van der Waals surface area contributed by atoms with Crippen molar-refractivity contribution in [1.29, 1.82) is 5.26 Å². The first-order valence-corrected chi connectivity index (χ1v) is 37.3. The van der Waals surface area contributed by atoms with E-state index in [0.29, 0.717) is 5.56 Å². The Morgan fingerprint density at radius 2 is 0.422 bits per heavy atom. The number of para-hydroxylation sites is 6. The third-order valence-electron chi connectivity index (χ3n) is 22.2. The van der Waals surface area contributed by atoms with Gasteiger partial charge in [0.25, 0.3) is 0 Å². The van der Waals surface area contributed by atoms with E-state index < -0.39 is 5.41 Å². The number of nitriles is 1. The minimum absolute atomic E-state index is 0.487. The summed E-state index contributed by atoms with van der Waals surface area (Å²) in [6, 6.07) is 153. The van der Waals surface area contributed by atoms with E-state index in [4.69, 9.17) is 0 Å². The van der Waals surface area contributed by atoms with Crippen LogP contribution in [0.15, 0.2) is 419 Å². The summed E-state index contributed by atoms with van der Waals surface area (Å²) < 4.78 is 9.51. The fourth-order valence-corrected chi connectivity index (χ4v) is 17.3. The maximum atomic E-state index is 9.45. The van der Waals surface area contributed by atoms with Gasteiger partial charge in [0.15, 0.2) is 0 Å². The number of hydrogen-bond donors (Lipinski definition) is 0. The van der Waals surface area contributed by atoms with E-state index in [1.165, 1.54) is 143 Å². The summed E-state index contributed by atoms with van der Waals surface area (Å²) in [6.45, 7) is 0. The van der Waals surface area contributed by atoms with Crippen molar-refractivity contribution in [3.63, 3.8) is 0 Å². The molecule has 0 unspecified atom stereocenters. The lowest BCUT2D eigenvalue weighted by atomic mass is 9.65. The summed E-state index contributed by atoms with van der Waals surface area (Å²) in [6.07, 6.45) is 0. The number of nitrogens with zero attached hydrogens (tertiary/aromatic N) is 5. The van der Waals surface area contributed by atoms with Crippen LogP contribution >= 0.6 is 0 Å². The largest absolute Gasteiger partial charge is 0.309 e. The molecule has 510 valence electrons. The van der Waals surface area contributed by atoms with Crippen LogP contribution < -0.4 is 0 Å². The zero-order chi connectivity index (χ0) is 72.4. The number of hydrogen-bond acceptors (Lipinski definition) is 1. The van der Waals surface area contributed by atoms with Crippen LogP contribution in [0.5, 0.6) is 0 Å². The van der Waals surface area contributed by atoms with Crippen molar-refractivity contribution in [2.45, 2.75) is 5.41 Å². The highest BCUT2D eigenvalue weighted by Crippen LogP contribution is 2.47. The van der Waals surface area contributed by atoms with Crippen LogP contribution in [-0.2, 0) is 5.41 Å². The van der Waals surface area contributed by atoms with Crippen molar-refractivity contribution in [3.8, 4) is 73.3 Å². The van der Waals surface area contributed by atoms with Crippen LogP contribution in [0.25, 0.3) is 154 Å². The average molecular weight is 1390 g/mol. The molecule has 0 radical (unpaired) electrons. The summed E-state index contributed by atoms with van der Waals surface area (Å²) in [7, 11) is 0. The molecule has 0 aliphatic heterocycles. The van der Waals surface area contributed by atoms with E-state index in [0.717, 1.165) is 33.7 Å². The van der Waals surface area contributed by atoms with Crippen LogP contribution in [0.2, 0.25) is 0 Å². The molecule has 5 nitrogen and oxygen atoms in total. The van der Waals surface area contributed by atoms with Gasteiger partial charge in [0, 0.05) is 65.8 Å². The second kappa shape index (κ2) is 26.8. The lowest BCUT2D eigenvalue weighted by Crippen LogP contribution is -2.30. The molecule has 21 aromatic rings. The summed E-state index contributed by atoms with van der Waals surface area (Å²) in [5, 5.41) is 19.4. The topological polar surface area (TPSA) is 43.5 Å². The maximum Gasteiger partial charge on any atom is 0.0991 e. The van der Waals surface area contributed by atoms with Gasteiger partial charge < -0.3 is 18.3 Å². The van der Waals surface area contributed by atoms with E-state index in [1.54, 1.807) is 0 Å². The van der Waals surface area contributed by atoms with E-state index >= 15 is 0 Å². The molecule has 0 fully saturated rings. The third kappa shape index (κ3) is 10.9. The molecule has 0 spiro atoms. The normalized spacial score (nSPS) is 11.7. The lowest BCUT2D eigenvalue weighted by molar-refractivity contribution is 0.745. The summed E-state index contributed by atoms with van der Waals surface area (Å²) in [5.74, 6) is 0. The van der Waals surface area contributed by atoms with Crippen molar-refractivity contribution in [2.24, 2.45) is 0 Å². The maximum absolute atomic E-state index is 9.45. The van der Waals surface area contributed by atoms with Gasteiger partial charge in [0.1, 0.15) is 0 Å². The molecular formula is C104H69N5. The standard InChI is InChI=1S/C61H42N2.C43H27N3/c1-5-19-47(20-6-1)61(48-21-7-2-8-22-48,49-23-9-3-10-24-49)50-36-32-43(33-37-50)44-18-17-27-52(40-44)63-58-31-16-14-29-54(58)56-42-46(35-39-60(56)63)45-34-38-59-55(41-45)53-28-13-15-30-57(53)62(59)51-25-11-4-12-26-51;44-28-29-10-8-11-30(24-29)31-12-9-15-35(25-31)46-41-19-7-5-17-37(41)39-27-33(21-23-43(39)46)32-20-22-42-38(26-32)36-16-4-6-18-40(36)45(42)34-13-2-1-3-14-34/h1-42H;1-27H. The minimum atomic E-state index is -0.487. The third-order valence-corrected chi connectivity index (χ3v) is 22.2. The van der Waals surface area contributed by atoms with Crippen LogP contribution in [-0.4, -0.2) is 18.3 Å². The molecule has 5 heteroatoms. The van der Waals surface area contributed by atoms with Gasteiger partial charge in [0.2, 0.25) is 0 Å². The highest BCUT2D eigenvalue weighted by molar-refractivity contribution is 6.15. The highest BCUT2D eigenvalue weighted by atomic mass is 15.0. The minimum Gasteiger partial charge on any atom is -0.309 e. The Balaban J connectivity index is 0.000000150. The zero-order valence-electron chi connectivity index (χ0n) is 59.6. The van der Waals surface area contributed by atoms with E-state index in [2.05, 4.69) is 425 Å². The molecule has 17 aromatic carbocycles. The Labute approximate surface area is 631 Å².